The smallest absolute Gasteiger partial charge is 0.240 e. The molecule has 0 unspecified atom stereocenters. The Morgan fingerprint density at radius 2 is 1.88 bits per heavy atom. The maximum atomic E-state index is 12.7. The Kier molecular flexibility index (Phi) is 4.72. The topological polar surface area (TPSA) is 67.4 Å². The van der Waals surface area contributed by atoms with Crippen molar-refractivity contribution >= 4 is 29.1 Å². The first-order valence-corrected chi connectivity index (χ1v) is 8.80. The molecule has 3 rings (SSSR count). The summed E-state index contributed by atoms with van der Waals surface area (Å²) in [6.07, 6.45) is 5.48. The van der Waals surface area contributed by atoms with E-state index in [1.165, 1.54) is 7.11 Å². The SMILES string of the molecule is COc1cc(Cl)c(C)cc1NC(=O)C1(C(=O)NC2CCCC2)CC1. The molecule has 24 heavy (non-hydrogen) atoms. The summed E-state index contributed by atoms with van der Waals surface area (Å²) in [5, 5.41) is 6.47. The number of rotatable bonds is 5. The number of hydrogen-bond acceptors (Lipinski definition) is 3. The summed E-state index contributed by atoms with van der Waals surface area (Å²) >= 11 is 6.09. The highest BCUT2D eigenvalue weighted by Crippen LogP contribution is 2.47. The largest absolute Gasteiger partial charge is 0.495 e. The first kappa shape index (κ1) is 17.1. The summed E-state index contributed by atoms with van der Waals surface area (Å²) < 4.78 is 5.28. The summed E-state index contributed by atoms with van der Waals surface area (Å²) in [6, 6.07) is 3.66. The predicted octanol–water partition coefficient (Wildman–Crippen LogP) is 3.43. The van der Waals surface area contributed by atoms with Gasteiger partial charge in [-0.05, 0) is 44.2 Å². The van der Waals surface area contributed by atoms with Gasteiger partial charge in [-0.1, -0.05) is 24.4 Å². The van der Waals surface area contributed by atoms with Gasteiger partial charge in [0, 0.05) is 17.1 Å². The zero-order chi connectivity index (χ0) is 17.3. The number of nitrogens with one attached hydrogen (secondary N) is 2. The molecule has 5 nitrogen and oxygen atoms in total. The van der Waals surface area contributed by atoms with E-state index in [0.717, 1.165) is 31.2 Å². The van der Waals surface area contributed by atoms with Crippen molar-refractivity contribution in [3.8, 4) is 5.75 Å². The number of aryl methyl sites for hydroxylation is 1. The summed E-state index contributed by atoms with van der Waals surface area (Å²) in [5.41, 5.74) is 0.457. The number of hydrogen-bond donors (Lipinski definition) is 2. The molecule has 2 amide bonds. The maximum absolute atomic E-state index is 12.7. The highest BCUT2D eigenvalue weighted by atomic mass is 35.5. The second kappa shape index (κ2) is 6.63. The molecule has 0 saturated heterocycles. The van der Waals surface area contributed by atoms with E-state index in [1.807, 2.05) is 6.92 Å². The summed E-state index contributed by atoms with van der Waals surface area (Å²) in [4.78, 5) is 25.3. The van der Waals surface area contributed by atoms with E-state index >= 15 is 0 Å². The van der Waals surface area contributed by atoms with Crippen LogP contribution in [0.4, 0.5) is 5.69 Å². The fourth-order valence-corrected chi connectivity index (χ4v) is 3.40. The molecule has 0 spiro atoms. The van der Waals surface area contributed by atoms with Crippen LogP contribution in [0, 0.1) is 12.3 Å². The lowest BCUT2D eigenvalue weighted by Crippen LogP contribution is -2.43. The molecule has 1 aromatic rings. The highest BCUT2D eigenvalue weighted by molar-refractivity contribution is 6.31. The van der Waals surface area contributed by atoms with Gasteiger partial charge in [0.25, 0.3) is 0 Å². The van der Waals surface area contributed by atoms with Gasteiger partial charge in [0.2, 0.25) is 11.8 Å². The number of anilines is 1. The van der Waals surface area contributed by atoms with E-state index < -0.39 is 5.41 Å². The van der Waals surface area contributed by atoms with Crippen LogP contribution in [0.2, 0.25) is 5.02 Å². The van der Waals surface area contributed by atoms with Crippen molar-refractivity contribution < 1.29 is 14.3 Å². The van der Waals surface area contributed by atoms with Crippen LogP contribution < -0.4 is 15.4 Å². The molecular formula is C18H23ClN2O3. The first-order chi connectivity index (χ1) is 11.5. The minimum Gasteiger partial charge on any atom is -0.495 e. The Morgan fingerprint density at radius 3 is 2.46 bits per heavy atom. The van der Waals surface area contributed by atoms with Crippen molar-refractivity contribution in [3.05, 3.63) is 22.7 Å². The van der Waals surface area contributed by atoms with Gasteiger partial charge in [-0.25, -0.2) is 0 Å². The van der Waals surface area contributed by atoms with E-state index in [-0.39, 0.29) is 17.9 Å². The van der Waals surface area contributed by atoms with Gasteiger partial charge in [0.15, 0.2) is 0 Å². The van der Waals surface area contributed by atoms with Gasteiger partial charge in [-0.15, -0.1) is 0 Å². The molecule has 0 aromatic heterocycles. The maximum Gasteiger partial charge on any atom is 0.240 e. The van der Waals surface area contributed by atoms with E-state index in [2.05, 4.69) is 10.6 Å². The lowest BCUT2D eigenvalue weighted by atomic mass is 10.0. The zero-order valence-corrected chi connectivity index (χ0v) is 14.8. The molecule has 0 radical (unpaired) electrons. The number of halogens is 1. The van der Waals surface area contributed by atoms with Crippen LogP contribution >= 0.6 is 11.6 Å². The van der Waals surface area contributed by atoms with E-state index in [1.54, 1.807) is 12.1 Å². The summed E-state index contributed by atoms with van der Waals surface area (Å²) in [7, 11) is 1.52. The Morgan fingerprint density at radius 1 is 1.21 bits per heavy atom. The standard InChI is InChI=1S/C18H23ClN2O3/c1-11-9-14(15(24-2)10-13(11)19)21-17(23)18(7-8-18)16(22)20-12-5-3-4-6-12/h9-10,12H,3-8H2,1-2H3,(H,20,22)(H,21,23). The molecule has 0 heterocycles. The molecule has 0 atom stereocenters. The molecule has 2 aliphatic carbocycles. The molecule has 2 N–H and O–H groups in total. The molecule has 2 aliphatic rings. The van der Waals surface area contributed by atoms with Crippen LogP contribution in [0.25, 0.3) is 0 Å². The van der Waals surface area contributed by atoms with Gasteiger partial charge >= 0.3 is 0 Å². The van der Waals surface area contributed by atoms with E-state index in [4.69, 9.17) is 16.3 Å². The third-order valence-electron chi connectivity index (χ3n) is 5.04. The van der Waals surface area contributed by atoms with Crippen LogP contribution in [-0.4, -0.2) is 25.0 Å². The number of carbonyl (C=O) groups excluding carboxylic acids is 2. The van der Waals surface area contributed by atoms with Crippen LogP contribution in [0.1, 0.15) is 44.1 Å². The molecule has 2 saturated carbocycles. The van der Waals surface area contributed by atoms with Gasteiger partial charge in [-0.2, -0.15) is 0 Å². The summed E-state index contributed by atoms with van der Waals surface area (Å²) in [6.45, 7) is 1.86. The normalized spacial score (nSPS) is 19.0. The molecule has 0 bridgehead atoms. The Bertz CT molecular complexity index is 664. The monoisotopic (exact) mass is 350 g/mol. The molecule has 2 fully saturated rings. The Labute approximate surface area is 147 Å². The van der Waals surface area contributed by atoms with E-state index in [9.17, 15) is 9.59 Å². The van der Waals surface area contributed by atoms with Gasteiger partial charge in [0.1, 0.15) is 11.2 Å². The number of benzene rings is 1. The molecule has 6 heteroatoms. The fraction of sp³-hybridized carbons (Fsp3) is 0.556. The van der Waals surface area contributed by atoms with Crippen molar-refractivity contribution in [2.45, 2.75) is 51.5 Å². The van der Waals surface area contributed by atoms with Crippen molar-refractivity contribution in [2.24, 2.45) is 5.41 Å². The second-order valence-corrected chi connectivity index (χ2v) is 7.20. The van der Waals surface area contributed by atoms with Crippen molar-refractivity contribution in [2.75, 3.05) is 12.4 Å². The third kappa shape index (κ3) is 3.22. The first-order valence-electron chi connectivity index (χ1n) is 8.43. The average molecular weight is 351 g/mol. The van der Waals surface area contributed by atoms with Crippen molar-refractivity contribution in [3.63, 3.8) is 0 Å². The second-order valence-electron chi connectivity index (χ2n) is 6.79. The molecule has 0 aliphatic heterocycles. The quantitative estimate of drug-likeness (QED) is 0.799. The molecule has 130 valence electrons. The van der Waals surface area contributed by atoms with Crippen LogP contribution in [0.15, 0.2) is 12.1 Å². The number of amides is 2. The van der Waals surface area contributed by atoms with Crippen LogP contribution in [0.5, 0.6) is 5.75 Å². The minimum absolute atomic E-state index is 0.142. The van der Waals surface area contributed by atoms with Crippen LogP contribution in [0.3, 0.4) is 0 Å². The van der Waals surface area contributed by atoms with Gasteiger partial charge in [0.05, 0.1) is 12.8 Å². The number of methoxy groups -OCH3 is 1. The van der Waals surface area contributed by atoms with Gasteiger partial charge in [-0.3, -0.25) is 9.59 Å². The van der Waals surface area contributed by atoms with E-state index in [0.29, 0.717) is 29.3 Å². The summed E-state index contributed by atoms with van der Waals surface area (Å²) in [5.74, 6) is 0.0838. The minimum atomic E-state index is -0.929. The zero-order valence-electron chi connectivity index (χ0n) is 14.1. The lowest BCUT2D eigenvalue weighted by molar-refractivity contribution is -0.134. The van der Waals surface area contributed by atoms with Crippen LogP contribution in [-0.2, 0) is 9.59 Å². The third-order valence-corrected chi connectivity index (χ3v) is 5.45. The fourth-order valence-electron chi connectivity index (χ4n) is 3.25. The lowest BCUT2D eigenvalue weighted by Gasteiger charge is -2.20. The van der Waals surface area contributed by atoms with Gasteiger partial charge < -0.3 is 15.4 Å². The molecular weight excluding hydrogens is 328 g/mol. The number of ether oxygens (including phenoxy) is 1. The molecule has 1 aromatic carbocycles. The van der Waals surface area contributed by atoms with Crippen molar-refractivity contribution in [1.82, 2.24) is 5.32 Å². The van der Waals surface area contributed by atoms with Crippen molar-refractivity contribution in [1.29, 1.82) is 0 Å². The Balaban J connectivity index is 1.72. The number of carbonyl (C=O) groups is 2. The highest BCUT2D eigenvalue weighted by Gasteiger charge is 2.57. The average Bonchev–Trinajstić information content (AvgIpc) is 3.23. The Hall–Kier alpha value is -1.75. The predicted molar refractivity (Wildman–Crippen MR) is 93.4 cm³/mol.